The van der Waals surface area contributed by atoms with Crippen LogP contribution in [0.15, 0.2) is 0 Å². The van der Waals surface area contributed by atoms with Crippen LogP contribution in [0.2, 0.25) is 0 Å². The molecule has 0 aliphatic heterocycles. The van der Waals surface area contributed by atoms with Crippen molar-refractivity contribution < 1.29 is 18.3 Å². The molecule has 0 heterocycles. The van der Waals surface area contributed by atoms with Crippen LogP contribution in [-0.4, -0.2) is 32.0 Å². The summed E-state index contributed by atoms with van der Waals surface area (Å²) in [5, 5.41) is 0.254. The maximum Gasteiger partial charge on any atom is 0.338 e. The molecule has 0 aromatic heterocycles. The summed E-state index contributed by atoms with van der Waals surface area (Å²) in [6, 6.07) is 0. The van der Waals surface area contributed by atoms with E-state index in [0.717, 1.165) is 0 Å². The minimum absolute atomic E-state index is 0.0309. The van der Waals surface area contributed by atoms with E-state index < -0.39 is 7.60 Å². The zero-order chi connectivity index (χ0) is 9.61. The molecule has 72 valence electrons. The molecule has 0 amide bonds. The second-order valence-corrected chi connectivity index (χ2v) is 4.66. The first kappa shape index (κ1) is 12.0. The Kier molecular flexibility index (Phi) is 5.66. The Labute approximate surface area is 77.7 Å². The van der Waals surface area contributed by atoms with Crippen LogP contribution in [0.1, 0.15) is 6.92 Å². The molecule has 12 heavy (non-hydrogen) atoms. The molecular weight excluding hydrogens is 199 g/mol. The van der Waals surface area contributed by atoms with Crippen LogP contribution in [0.5, 0.6) is 0 Å². The summed E-state index contributed by atoms with van der Waals surface area (Å²) in [4.78, 5) is 0. The fraction of sp³-hybridized carbons (Fsp3) is 0.833. The van der Waals surface area contributed by atoms with E-state index >= 15 is 0 Å². The molecule has 0 saturated heterocycles. The van der Waals surface area contributed by atoms with Crippen LogP contribution >= 0.6 is 19.8 Å². The van der Waals surface area contributed by atoms with Gasteiger partial charge in [-0.2, -0.15) is 0 Å². The highest BCUT2D eigenvalue weighted by Crippen LogP contribution is 2.46. The highest BCUT2D eigenvalue weighted by atomic mass is 32.1. The highest BCUT2D eigenvalue weighted by molar-refractivity contribution is 7.81. The van der Waals surface area contributed by atoms with E-state index in [9.17, 15) is 4.57 Å². The number of ether oxygens (including phenoxy) is 1. The fourth-order valence-corrected chi connectivity index (χ4v) is 1.98. The van der Waals surface area contributed by atoms with E-state index in [-0.39, 0.29) is 11.2 Å². The Hall–Kier alpha value is 0.0400. The van der Waals surface area contributed by atoms with E-state index in [1.807, 2.05) is 0 Å². The van der Waals surface area contributed by atoms with Gasteiger partial charge in [0.15, 0.2) is 5.05 Å². The van der Waals surface area contributed by atoms with Crippen molar-refractivity contribution in [3.05, 3.63) is 0 Å². The molecular formula is C6H13O4PS. The monoisotopic (exact) mass is 212 g/mol. The lowest BCUT2D eigenvalue weighted by Crippen LogP contribution is -2.09. The summed E-state index contributed by atoms with van der Waals surface area (Å²) in [5.41, 5.74) is 0. The number of rotatable bonds is 5. The zero-order valence-corrected chi connectivity index (χ0v) is 9.11. The molecule has 0 rings (SSSR count). The SMILES string of the molecule is CCOC(=S)CP(=O)(OC)OC. The van der Waals surface area contributed by atoms with Crippen LogP contribution < -0.4 is 0 Å². The van der Waals surface area contributed by atoms with Gasteiger partial charge in [0.2, 0.25) is 0 Å². The van der Waals surface area contributed by atoms with Crippen LogP contribution in [0.25, 0.3) is 0 Å². The number of hydrogen-bond acceptors (Lipinski definition) is 5. The quantitative estimate of drug-likeness (QED) is 0.514. The first-order chi connectivity index (χ1) is 5.58. The second kappa shape index (κ2) is 5.65. The first-order valence-electron chi connectivity index (χ1n) is 3.44. The van der Waals surface area contributed by atoms with Crippen molar-refractivity contribution in [1.82, 2.24) is 0 Å². The lowest BCUT2D eigenvalue weighted by atomic mass is 10.8. The standard InChI is InChI=1S/C6H13O4PS/c1-4-10-6(12)5-11(7,8-2)9-3/h4-5H2,1-3H3. The van der Waals surface area contributed by atoms with Gasteiger partial charge in [0, 0.05) is 14.2 Å². The summed E-state index contributed by atoms with van der Waals surface area (Å²) in [7, 11) is -0.397. The predicted octanol–water partition coefficient (Wildman–Crippen LogP) is 1.84. The van der Waals surface area contributed by atoms with E-state index in [2.05, 4.69) is 9.05 Å². The fourth-order valence-electron chi connectivity index (χ4n) is 0.568. The van der Waals surface area contributed by atoms with E-state index in [0.29, 0.717) is 6.61 Å². The predicted molar refractivity (Wildman–Crippen MR) is 50.7 cm³/mol. The number of hydrogen-bond donors (Lipinski definition) is 0. The van der Waals surface area contributed by atoms with Crippen molar-refractivity contribution in [3.8, 4) is 0 Å². The molecule has 0 aliphatic rings. The van der Waals surface area contributed by atoms with Gasteiger partial charge < -0.3 is 13.8 Å². The Morgan fingerprint density at radius 3 is 2.25 bits per heavy atom. The molecule has 0 atom stereocenters. The molecule has 0 fully saturated rings. The van der Waals surface area contributed by atoms with Crippen molar-refractivity contribution in [3.63, 3.8) is 0 Å². The Morgan fingerprint density at radius 1 is 1.42 bits per heavy atom. The van der Waals surface area contributed by atoms with Gasteiger partial charge in [-0.25, -0.2) is 0 Å². The number of thiocarbonyl (C=S) groups is 1. The van der Waals surface area contributed by atoms with Gasteiger partial charge in [-0.15, -0.1) is 0 Å². The third-order valence-electron chi connectivity index (χ3n) is 1.18. The highest BCUT2D eigenvalue weighted by Gasteiger charge is 2.23. The Bertz CT molecular complexity index is 186. The summed E-state index contributed by atoms with van der Waals surface area (Å²) >= 11 is 4.78. The summed E-state index contributed by atoms with van der Waals surface area (Å²) < 4.78 is 25.7. The van der Waals surface area contributed by atoms with Gasteiger partial charge in [0.1, 0.15) is 6.16 Å². The largest absolute Gasteiger partial charge is 0.487 e. The van der Waals surface area contributed by atoms with E-state index in [4.69, 9.17) is 17.0 Å². The van der Waals surface area contributed by atoms with Gasteiger partial charge in [0.05, 0.1) is 6.61 Å². The topological polar surface area (TPSA) is 44.8 Å². The molecule has 0 aliphatic carbocycles. The molecule has 0 aromatic carbocycles. The summed E-state index contributed by atoms with van der Waals surface area (Å²) in [6.07, 6.45) is 0.0309. The molecule has 0 saturated carbocycles. The molecule has 4 nitrogen and oxygen atoms in total. The molecule has 6 heteroatoms. The average Bonchev–Trinajstić information content (AvgIpc) is 2.05. The third kappa shape index (κ3) is 4.16. The van der Waals surface area contributed by atoms with Crippen molar-refractivity contribution in [2.75, 3.05) is 27.0 Å². The van der Waals surface area contributed by atoms with E-state index in [1.165, 1.54) is 14.2 Å². The van der Waals surface area contributed by atoms with Gasteiger partial charge in [-0.1, -0.05) is 0 Å². The van der Waals surface area contributed by atoms with Crippen LogP contribution in [-0.2, 0) is 18.3 Å². The van der Waals surface area contributed by atoms with Gasteiger partial charge >= 0.3 is 7.60 Å². The minimum Gasteiger partial charge on any atom is -0.487 e. The molecule has 0 unspecified atom stereocenters. The zero-order valence-electron chi connectivity index (χ0n) is 7.40. The van der Waals surface area contributed by atoms with Gasteiger partial charge in [-0.05, 0) is 19.1 Å². The van der Waals surface area contributed by atoms with Gasteiger partial charge in [-0.3, -0.25) is 4.57 Å². The summed E-state index contributed by atoms with van der Waals surface area (Å²) in [5.74, 6) is 0. The maximum absolute atomic E-state index is 11.4. The Balaban J connectivity index is 4.03. The Morgan fingerprint density at radius 2 is 1.92 bits per heavy atom. The maximum atomic E-state index is 11.4. The van der Waals surface area contributed by atoms with Crippen LogP contribution in [0.4, 0.5) is 0 Å². The molecule has 0 radical (unpaired) electrons. The third-order valence-corrected chi connectivity index (χ3v) is 3.45. The first-order valence-corrected chi connectivity index (χ1v) is 5.57. The minimum atomic E-state index is -3.03. The van der Waals surface area contributed by atoms with Crippen molar-refractivity contribution in [1.29, 1.82) is 0 Å². The lowest BCUT2D eigenvalue weighted by molar-refractivity contribution is 0.274. The average molecular weight is 212 g/mol. The normalized spacial score (nSPS) is 11.2. The lowest BCUT2D eigenvalue weighted by Gasteiger charge is -2.13. The molecule has 0 aromatic rings. The van der Waals surface area contributed by atoms with Crippen molar-refractivity contribution in [2.45, 2.75) is 6.92 Å². The smallest absolute Gasteiger partial charge is 0.338 e. The molecule has 0 spiro atoms. The summed E-state index contributed by atoms with van der Waals surface area (Å²) in [6.45, 7) is 2.27. The van der Waals surface area contributed by atoms with Gasteiger partial charge in [0.25, 0.3) is 0 Å². The molecule has 0 bridgehead atoms. The second-order valence-electron chi connectivity index (χ2n) is 1.94. The van der Waals surface area contributed by atoms with E-state index in [1.54, 1.807) is 6.92 Å². The van der Waals surface area contributed by atoms with Crippen molar-refractivity contribution >= 4 is 24.9 Å². The van der Waals surface area contributed by atoms with Crippen molar-refractivity contribution in [2.24, 2.45) is 0 Å². The van der Waals surface area contributed by atoms with Crippen LogP contribution in [0.3, 0.4) is 0 Å². The molecule has 0 N–H and O–H groups in total. The van der Waals surface area contributed by atoms with Crippen LogP contribution in [0, 0.1) is 0 Å².